The van der Waals surface area contributed by atoms with Crippen molar-refractivity contribution >= 4 is 28.6 Å². The van der Waals surface area contributed by atoms with Crippen molar-refractivity contribution in [3.05, 3.63) is 79.4 Å². The smallest absolute Gasteiger partial charge is 0.124 e. The maximum absolute atomic E-state index is 5.43. The predicted octanol–water partition coefficient (Wildman–Crippen LogP) is 6.76. The molecule has 8 heteroatoms. The van der Waals surface area contributed by atoms with E-state index in [1.54, 1.807) is 43.6 Å². The van der Waals surface area contributed by atoms with Crippen LogP contribution in [-0.2, 0) is 7.05 Å². The van der Waals surface area contributed by atoms with E-state index in [9.17, 15) is 0 Å². The lowest BCUT2D eigenvalue weighted by Gasteiger charge is -2.24. The van der Waals surface area contributed by atoms with Crippen LogP contribution in [-0.4, -0.2) is 46.7 Å². The average molecular weight is 513 g/mol. The molecule has 2 aromatic heterocycles. The van der Waals surface area contributed by atoms with E-state index in [1.165, 1.54) is 0 Å². The summed E-state index contributed by atoms with van der Waals surface area (Å²) in [5.74, 6) is 1.49. The maximum atomic E-state index is 5.43. The fourth-order valence-electron chi connectivity index (χ4n) is 3.84. The molecule has 0 amide bonds. The van der Waals surface area contributed by atoms with Crippen molar-refractivity contribution in [3.8, 4) is 22.8 Å². The molecule has 2 aromatic carbocycles. The van der Waals surface area contributed by atoms with Crippen LogP contribution >= 0.6 is 0 Å². The number of aryl methyl sites for hydroxylation is 1. The Balaban J connectivity index is 0.000000383. The lowest BCUT2D eigenvalue weighted by molar-refractivity contribution is 0.394. The van der Waals surface area contributed by atoms with Crippen LogP contribution in [0.3, 0.4) is 0 Å². The molecule has 0 atom stereocenters. The number of methoxy groups -OCH3 is 2. The van der Waals surface area contributed by atoms with Crippen molar-refractivity contribution in [2.75, 3.05) is 25.7 Å². The van der Waals surface area contributed by atoms with Gasteiger partial charge in [-0.15, -0.1) is 0 Å². The Bertz CT molecular complexity index is 1400. The van der Waals surface area contributed by atoms with Gasteiger partial charge in [-0.3, -0.25) is 14.7 Å². The Morgan fingerprint density at radius 3 is 2.32 bits per heavy atom. The molecule has 0 saturated carbocycles. The number of hydrogen-bond acceptors (Lipinski definition) is 7. The number of aliphatic imine (C=N–C) groups is 1. The van der Waals surface area contributed by atoms with Gasteiger partial charge in [-0.25, -0.2) is 4.98 Å². The molecule has 4 rings (SSSR count). The Morgan fingerprint density at radius 1 is 1.03 bits per heavy atom. The van der Waals surface area contributed by atoms with Crippen molar-refractivity contribution in [2.45, 2.75) is 27.2 Å². The highest BCUT2D eigenvalue weighted by Crippen LogP contribution is 2.33. The maximum Gasteiger partial charge on any atom is 0.124 e. The predicted molar refractivity (Wildman–Crippen MR) is 157 cm³/mol. The summed E-state index contributed by atoms with van der Waals surface area (Å²) in [5.41, 5.74) is 6.53. The largest absolute Gasteiger partial charge is 0.497 e. The van der Waals surface area contributed by atoms with Crippen LogP contribution in [0.25, 0.3) is 22.3 Å². The standard InChI is InChI=1S/C22H23N5O2.C8H13N/c1-5-27(17-8-18(28-3)11-19(9-17)29-4)16-6-7-20-21(10-16)25-22(13-23-20)15-12-24-26(2)14-15;1-4-7-9-8(5-2)6-3/h6-14H,5H2,1-4H3;4-5,7H,1,6H2,2-3H3/b;8-5-,9-7?. The number of fused-ring (bicyclic) bond motifs is 1. The van der Waals surface area contributed by atoms with E-state index in [2.05, 4.69) is 52.5 Å². The number of aromatic nitrogens is 4. The normalized spacial score (nSPS) is 11.3. The summed E-state index contributed by atoms with van der Waals surface area (Å²) in [4.78, 5) is 15.6. The molecular formula is C30H36N6O2. The molecule has 8 nitrogen and oxygen atoms in total. The minimum absolute atomic E-state index is 0.747. The number of allylic oxidation sites excluding steroid dienone is 3. The summed E-state index contributed by atoms with van der Waals surface area (Å²) < 4.78 is 12.6. The third-order valence-electron chi connectivity index (χ3n) is 5.84. The minimum Gasteiger partial charge on any atom is -0.497 e. The summed E-state index contributed by atoms with van der Waals surface area (Å²) in [5, 5.41) is 4.22. The highest BCUT2D eigenvalue weighted by Gasteiger charge is 2.13. The van der Waals surface area contributed by atoms with E-state index < -0.39 is 0 Å². The molecular weight excluding hydrogens is 476 g/mol. The van der Waals surface area contributed by atoms with Crippen molar-refractivity contribution in [1.29, 1.82) is 0 Å². The Hall–Kier alpha value is -4.46. The molecule has 4 aromatic rings. The summed E-state index contributed by atoms with van der Waals surface area (Å²) in [7, 11) is 5.19. The van der Waals surface area contributed by atoms with E-state index in [0.29, 0.717) is 0 Å². The first-order valence-electron chi connectivity index (χ1n) is 12.5. The lowest BCUT2D eigenvalue weighted by atomic mass is 10.2. The van der Waals surface area contributed by atoms with E-state index >= 15 is 0 Å². The van der Waals surface area contributed by atoms with E-state index in [0.717, 1.165) is 63.8 Å². The van der Waals surface area contributed by atoms with Gasteiger partial charge in [0.25, 0.3) is 0 Å². The van der Waals surface area contributed by atoms with Gasteiger partial charge in [-0.1, -0.05) is 25.7 Å². The molecule has 0 aliphatic heterocycles. The number of rotatable bonds is 9. The minimum atomic E-state index is 0.747. The third kappa shape index (κ3) is 7.06. The van der Waals surface area contributed by atoms with Gasteiger partial charge in [0.1, 0.15) is 11.5 Å². The van der Waals surface area contributed by atoms with Crippen LogP contribution in [0.15, 0.2) is 84.4 Å². The summed E-state index contributed by atoms with van der Waals surface area (Å²) in [6.45, 7) is 10.5. The van der Waals surface area contributed by atoms with Crippen molar-refractivity contribution < 1.29 is 9.47 Å². The second-order valence-electron chi connectivity index (χ2n) is 8.29. The highest BCUT2D eigenvalue weighted by atomic mass is 16.5. The molecule has 0 bridgehead atoms. The lowest BCUT2D eigenvalue weighted by Crippen LogP contribution is -2.16. The number of hydrogen-bond donors (Lipinski definition) is 0. The van der Waals surface area contributed by atoms with Crippen LogP contribution in [0.1, 0.15) is 27.2 Å². The van der Waals surface area contributed by atoms with Gasteiger partial charge < -0.3 is 14.4 Å². The molecule has 0 radical (unpaired) electrons. The number of nitrogens with zero attached hydrogens (tertiary/aromatic N) is 6. The molecule has 0 N–H and O–H groups in total. The Labute approximate surface area is 225 Å². The molecule has 0 saturated heterocycles. The third-order valence-corrected chi connectivity index (χ3v) is 5.84. The van der Waals surface area contributed by atoms with Gasteiger partial charge in [-0.05, 0) is 38.5 Å². The van der Waals surface area contributed by atoms with E-state index in [-0.39, 0.29) is 0 Å². The second-order valence-corrected chi connectivity index (χ2v) is 8.29. The number of ether oxygens (including phenoxy) is 2. The molecule has 0 aliphatic rings. The molecule has 0 spiro atoms. The van der Waals surface area contributed by atoms with Gasteiger partial charge in [0.05, 0.1) is 43.3 Å². The quantitative estimate of drug-likeness (QED) is 0.231. The van der Waals surface area contributed by atoms with Gasteiger partial charge in [0.15, 0.2) is 0 Å². The van der Waals surface area contributed by atoms with Gasteiger partial charge >= 0.3 is 0 Å². The molecule has 0 aliphatic carbocycles. The highest BCUT2D eigenvalue weighted by molar-refractivity contribution is 5.82. The molecule has 2 heterocycles. The Kier molecular flexibility index (Phi) is 10.2. The topological polar surface area (TPSA) is 77.7 Å². The van der Waals surface area contributed by atoms with Gasteiger partial charge in [-0.2, -0.15) is 5.10 Å². The molecule has 0 fully saturated rings. The zero-order valence-corrected chi connectivity index (χ0v) is 23.0. The summed E-state index contributed by atoms with van der Waals surface area (Å²) in [6.07, 6.45) is 11.9. The first kappa shape index (κ1) is 28.1. The van der Waals surface area contributed by atoms with Crippen LogP contribution in [0.2, 0.25) is 0 Å². The molecule has 38 heavy (non-hydrogen) atoms. The van der Waals surface area contributed by atoms with Crippen LogP contribution in [0.4, 0.5) is 11.4 Å². The van der Waals surface area contributed by atoms with Gasteiger partial charge in [0.2, 0.25) is 0 Å². The molecule has 198 valence electrons. The van der Waals surface area contributed by atoms with Crippen molar-refractivity contribution in [3.63, 3.8) is 0 Å². The average Bonchev–Trinajstić information content (AvgIpc) is 3.40. The monoisotopic (exact) mass is 512 g/mol. The zero-order valence-electron chi connectivity index (χ0n) is 23.0. The van der Waals surface area contributed by atoms with Crippen molar-refractivity contribution in [2.24, 2.45) is 12.0 Å². The van der Waals surface area contributed by atoms with Crippen LogP contribution in [0, 0.1) is 0 Å². The van der Waals surface area contributed by atoms with Gasteiger partial charge in [0, 0.05) is 66.8 Å². The first-order chi connectivity index (χ1) is 18.5. The van der Waals surface area contributed by atoms with E-state index in [4.69, 9.17) is 14.5 Å². The first-order valence-corrected chi connectivity index (χ1v) is 12.5. The fourth-order valence-corrected chi connectivity index (χ4v) is 3.84. The summed E-state index contributed by atoms with van der Waals surface area (Å²) >= 11 is 0. The fraction of sp³-hybridized carbons (Fsp3) is 0.267. The SMILES string of the molecule is C=CC=N/C(=C\C)CC.CCN(c1cc(OC)cc(OC)c1)c1ccc2ncc(-c3cnn(C)c3)nc2c1. The van der Waals surface area contributed by atoms with Crippen LogP contribution in [0.5, 0.6) is 11.5 Å². The number of anilines is 2. The summed E-state index contributed by atoms with van der Waals surface area (Å²) in [6, 6.07) is 11.9. The van der Waals surface area contributed by atoms with E-state index in [1.807, 2.05) is 50.5 Å². The van der Waals surface area contributed by atoms with Crippen LogP contribution < -0.4 is 14.4 Å². The Morgan fingerprint density at radius 2 is 1.76 bits per heavy atom. The second kappa shape index (κ2) is 13.7. The molecule has 0 unspecified atom stereocenters. The van der Waals surface area contributed by atoms with Crippen molar-refractivity contribution in [1.82, 2.24) is 19.7 Å². The number of benzene rings is 2. The zero-order chi connectivity index (χ0) is 27.5.